The molecule has 1 aliphatic heterocycles. The number of rotatable bonds is 4. The van der Waals surface area contributed by atoms with Gasteiger partial charge in [-0.25, -0.2) is 4.79 Å². The van der Waals surface area contributed by atoms with Crippen molar-refractivity contribution in [1.82, 2.24) is 0 Å². The van der Waals surface area contributed by atoms with Crippen LogP contribution in [-0.2, 0) is 18.6 Å². The molecule has 0 saturated heterocycles. The van der Waals surface area contributed by atoms with E-state index < -0.39 is 44.1 Å². The van der Waals surface area contributed by atoms with E-state index in [9.17, 15) is 19.4 Å². The summed E-state index contributed by atoms with van der Waals surface area (Å²) in [6.45, 7) is -0.870. The summed E-state index contributed by atoms with van der Waals surface area (Å²) in [6.07, 6.45) is -3.43. The summed E-state index contributed by atoms with van der Waals surface area (Å²) >= 11 is 0. The van der Waals surface area contributed by atoms with Crippen LogP contribution < -0.4 is 90.9 Å². The molecule has 18 heavy (non-hydrogen) atoms. The molecule has 1 unspecified atom stereocenters. The molecule has 0 fully saturated rings. The van der Waals surface area contributed by atoms with Gasteiger partial charge in [0.2, 0.25) is 5.76 Å². The van der Waals surface area contributed by atoms with Gasteiger partial charge in [0.15, 0.2) is 0 Å². The molecule has 0 spiro atoms. The van der Waals surface area contributed by atoms with Gasteiger partial charge in [-0.15, -0.1) is 0 Å². The fourth-order valence-electron chi connectivity index (χ4n) is 0.999. The van der Waals surface area contributed by atoms with Crippen molar-refractivity contribution in [2.45, 2.75) is 12.2 Å². The number of ether oxygens (including phenoxy) is 1. The molecule has 0 aromatic rings. The van der Waals surface area contributed by atoms with Crippen LogP contribution in [0.2, 0.25) is 0 Å². The fraction of sp³-hybridized carbons (Fsp3) is 0.500. The Kier molecular flexibility index (Phi) is 10.6. The average Bonchev–Trinajstić information content (AvgIpc) is 2.42. The van der Waals surface area contributed by atoms with Gasteiger partial charge in [-0.1, -0.05) is 0 Å². The van der Waals surface area contributed by atoms with Crippen LogP contribution >= 0.6 is 7.82 Å². The number of carbonyl (C=O) groups excluding carboxylic acids is 1. The maximum atomic E-state index is 11.2. The van der Waals surface area contributed by atoms with E-state index in [0.29, 0.717) is 0 Å². The van der Waals surface area contributed by atoms with Gasteiger partial charge in [0, 0.05) is 0 Å². The first-order chi connectivity index (χ1) is 7.26. The maximum absolute atomic E-state index is 11.2. The molecule has 0 amide bonds. The molecule has 3 N–H and O–H groups in total. The first-order valence-corrected chi connectivity index (χ1v) is 5.40. The second kappa shape index (κ2) is 8.73. The molecule has 1 aliphatic rings. The van der Waals surface area contributed by atoms with Crippen LogP contribution in [-0.4, -0.2) is 39.9 Å². The summed E-state index contributed by atoms with van der Waals surface area (Å²) < 4.78 is 18.2. The second-order valence-corrected chi connectivity index (χ2v) is 3.95. The number of aliphatic hydroxyl groups is 2. The molecule has 0 saturated carbocycles. The third kappa shape index (κ3) is 5.88. The minimum atomic E-state index is -5.31. The molecule has 0 aromatic carbocycles. The Morgan fingerprint density at radius 3 is 2.44 bits per heavy atom. The van der Waals surface area contributed by atoms with E-state index in [2.05, 4.69) is 9.26 Å². The molecule has 0 aromatic heterocycles. The molecule has 1 rings (SSSR count). The first-order valence-electron chi connectivity index (χ1n) is 3.90. The Morgan fingerprint density at radius 2 is 2.06 bits per heavy atom. The minimum absolute atomic E-state index is 0. The molecule has 3 atom stereocenters. The van der Waals surface area contributed by atoms with Crippen LogP contribution in [0.1, 0.15) is 0 Å². The smallest absolute Gasteiger partial charge is 0.870 e. The predicted octanol–water partition coefficient (Wildman–Crippen LogP) is -9.68. The van der Waals surface area contributed by atoms with Crippen molar-refractivity contribution < 1.29 is 125 Å². The number of phosphoric ester groups is 1. The Balaban J connectivity index is 0. The van der Waals surface area contributed by atoms with Gasteiger partial charge in [-0.3, -0.25) is 4.57 Å². The van der Waals surface area contributed by atoms with Crippen molar-refractivity contribution in [3.63, 3.8) is 0 Å². The van der Waals surface area contributed by atoms with Gasteiger partial charge in [-0.2, -0.15) is 0 Å². The maximum Gasteiger partial charge on any atom is 1.00 e. The van der Waals surface area contributed by atoms with E-state index in [1.807, 2.05) is 0 Å². The van der Waals surface area contributed by atoms with Crippen molar-refractivity contribution in [1.29, 1.82) is 0 Å². The SMILES string of the molecule is O=C1O[C@H]([C@@H](O)CO)C([O-])=C1OP(=O)([O-])O.[K+].[Na+]. The topological polar surface area (TPSA) is 159 Å². The Morgan fingerprint density at radius 1 is 1.56 bits per heavy atom. The van der Waals surface area contributed by atoms with Crippen molar-refractivity contribution >= 4 is 13.8 Å². The van der Waals surface area contributed by atoms with Gasteiger partial charge in [0.05, 0.1) is 6.61 Å². The van der Waals surface area contributed by atoms with Gasteiger partial charge in [0.1, 0.15) is 12.2 Å². The third-order valence-electron chi connectivity index (χ3n) is 1.64. The number of esters is 1. The zero-order chi connectivity index (χ0) is 12.5. The summed E-state index contributed by atoms with van der Waals surface area (Å²) in [5, 5.41) is 28.8. The van der Waals surface area contributed by atoms with Crippen molar-refractivity contribution in [3.05, 3.63) is 11.5 Å². The Bertz CT molecular complexity index is 379. The van der Waals surface area contributed by atoms with Gasteiger partial charge in [-0.05, 0) is 5.76 Å². The first kappa shape index (κ1) is 21.8. The van der Waals surface area contributed by atoms with E-state index in [-0.39, 0.29) is 80.9 Å². The van der Waals surface area contributed by atoms with Crippen molar-refractivity contribution in [3.8, 4) is 0 Å². The Labute approximate surface area is 166 Å². The normalized spacial score (nSPS) is 23.3. The van der Waals surface area contributed by atoms with E-state index in [1.165, 1.54) is 0 Å². The number of hydrogen-bond acceptors (Lipinski definition) is 8. The zero-order valence-corrected chi connectivity index (χ0v) is 15.6. The number of phosphoric acid groups is 1. The quantitative estimate of drug-likeness (QED) is 0.260. The molecule has 1 heterocycles. The van der Waals surface area contributed by atoms with E-state index in [4.69, 9.17) is 15.1 Å². The average molecular weight is 316 g/mol. The molecule has 0 bridgehead atoms. The van der Waals surface area contributed by atoms with E-state index in [0.717, 1.165) is 0 Å². The largest absolute Gasteiger partial charge is 1.00 e. The van der Waals surface area contributed by atoms with Crippen LogP contribution in [0, 0.1) is 0 Å². The van der Waals surface area contributed by atoms with Crippen LogP contribution in [0.3, 0.4) is 0 Å². The number of carbonyl (C=O) groups is 1. The molecule has 9 nitrogen and oxygen atoms in total. The molecule has 0 radical (unpaired) electrons. The molecule has 92 valence electrons. The Hall–Kier alpha value is 1.52. The predicted molar refractivity (Wildman–Crippen MR) is 40.9 cm³/mol. The van der Waals surface area contributed by atoms with Crippen molar-refractivity contribution in [2.24, 2.45) is 0 Å². The van der Waals surface area contributed by atoms with Crippen molar-refractivity contribution in [2.75, 3.05) is 6.61 Å². The van der Waals surface area contributed by atoms with Crippen LogP contribution in [0.4, 0.5) is 0 Å². The summed E-state index contributed by atoms with van der Waals surface area (Å²) in [6, 6.07) is 0. The minimum Gasteiger partial charge on any atom is -0.870 e. The van der Waals surface area contributed by atoms with E-state index in [1.54, 1.807) is 0 Å². The number of cyclic esters (lactones) is 1. The van der Waals surface area contributed by atoms with Crippen LogP contribution in [0.25, 0.3) is 0 Å². The zero-order valence-electron chi connectivity index (χ0n) is 9.60. The summed E-state index contributed by atoms with van der Waals surface area (Å²) in [5.41, 5.74) is 0. The standard InChI is InChI=1S/C6H9O9P.K.Na/c7-1-2(8)4-3(9)5(6(10)14-4)15-16(11,12)13;;/h2,4,7-9H,1H2,(H2,11,12,13);;/q;2*+1/p-2/t2-,4+;;/m0../s1. The summed E-state index contributed by atoms with van der Waals surface area (Å²) in [7, 11) is -5.31. The molecule has 0 aliphatic carbocycles. The molecule has 12 heteroatoms. The second-order valence-electron chi connectivity index (χ2n) is 2.83. The van der Waals surface area contributed by atoms with E-state index >= 15 is 0 Å². The summed E-state index contributed by atoms with van der Waals surface area (Å²) in [5.74, 6) is -3.96. The third-order valence-corrected chi connectivity index (χ3v) is 2.06. The summed E-state index contributed by atoms with van der Waals surface area (Å²) in [4.78, 5) is 29.5. The van der Waals surface area contributed by atoms with Gasteiger partial charge < -0.3 is 34.4 Å². The monoisotopic (exact) mass is 316 g/mol. The molecular formula is C6H7KNaO9P. The number of hydrogen-bond donors (Lipinski definition) is 3. The number of aliphatic hydroxyl groups excluding tert-OH is 2. The van der Waals surface area contributed by atoms with Crippen LogP contribution in [0.5, 0.6) is 0 Å². The van der Waals surface area contributed by atoms with Gasteiger partial charge >= 0.3 is 94.7 Å². The van der Waals surface area contributed by atoms with Crippen LogP contribution in [0.15, 0.2) is 11.5 Å². The van der Waals surface area contributed by atoms with Gasteiger partial charge in [0.25, 0.3) is 0 Å². The fourth-order valence-corrected chi connectivity index (χ4v) is 1.39. The molecular weight excluding hydrogens is 309 g/mol.